The highest BCUT2D eigenvalue weighted by atomic mass is 19.4. The first-order chi connectivity index (χ1) is 7.76. The zero-order chi connectivity index (χ0) is 13.7. The molecule has 0 rings (SSSR count). The number of nitrogens with zero attached hydrogens (tertiary/aromatic N) is 1. The van der Waals surface area contributed by atoms with Crippen molar-refractivity contribution < 1.29 is 18.0 Å². The summed E-state index contributed by atoms with van der Waals surface area (Å²) in [6.07, 6.45) is -3.46. The van der Waals surface area contributed by atoms with E-state index in [4.69, 9.17) is 5.73 Å². The molecule has 3 nitrogen and oxygen atoms in total. The average molecular weight is 254 g/mol. The third-order valence-corrected chi connectivity index (χ3v) is 3.24. The molecule has 0 aromatic carbocycles. The van der Waals surface area contributed by atoms with Gasteiger partial charge in [-0.15, -0.1) is 0 Å². The lowest BCUT2D eigenvalue weighted by atomic mass is 9.81. The summed E-state index contributed by atoms with van der Waals surface area (Å²) in [6, 6.07) is 0. The van der Waals surface area contributed by atoms with Crippen LogP contribution in [0, 0.1) is 5.41 Å². The van der Waals surface area contributed by atoms with Gasteiger partial charge in [-0.3, -0.25) is 4.79 Å². The molecule has 0 aromatic heterocycles. The smallest absolute Gasteiger partial charge is 0.333 e. The molecule has 2 N–H and O–H groups in total. The molecule has 0 bridgehead atoms. The lowest BCUT2D eigenvalue weighted by Crippen LogP contribution is -2.50. The van der Waals surface area contributed by atoms with Gasteiger partial charge in [0.15, 0.2) is 0 Å². The Labute approximate surface area is 100 Å². The monoisotopic (exact) mass is 254 g/mol. The molecular formula is C11H21F3N2O. The molecule has 102 valence electrons. The summed E-state index contributed by atoms with van der Waals surface area (Å²) in [7, 11) is 0. The molecule has 0 saturated heterocycles. The molecule has 6 heteroatoms. The molecule has 0 unspecified atom stereocenters. The number of nitrogens with two attached hydrogens (primary N) is 1. The number of amides is 1. The molecule has 0 heterocycles. The van der Waals surface area contributed by atoms with Crippen LogP contribution in [0.5, 0.6) is 0 Å². The quantitative estimate of drug-likeness (QED) is 0.789. The van der Waals surface area contributed by atoms with Crippen LogP contribution < -0.4 is 5.73 Å². The Morgan fingerprint density at radius 1 is 1.18 bits per heavy atom. The fourth-order valence-electron chi connectivity index (χ4n) is 1.81. The first kappa shape index (κ1) is 16.2. The maximum atomic E-state index is 12.3. The fourth-order valence-corrected chi connectivity index (χ4v) is 1.81. The molecule has 0 radical (unpaired) electrons. The summed E-state index contributed by atoms with van der Waals surface area (Å²) in [4.78, 5) is 12.9. The van der Waals surface area contributed by atoms with Crippen LogP contribution in [-0.2, 0) is 4.79 Å². The van der Waals surface area contributed by atoms with Gasteiger partial charge in [0.05, 0.1) is 5.41 Å². The van der Waals surface area contributed by atoms with E-state index in [1.807, 2.05) is 0 Å². The molecule has 1 amide bonds. The van der Waals surface area contributed by atoms with E-state index in [0.29, 0.717) is 12.8 Å². The van der Waals surface area contributed by atoms with Crippen molar-refractivity contribution in [2.75, 3.05) is 19.6 Å². The Kier molecular flexibility index (Phi) is 5.95. The van der Waals surface area contributed by atoms with Crippen LogP contribution in [0.15, 0.2) is 0 Å². The van der Waals surface area contributed by atoms with Crippen molar-refractivity contribution in [3.8, 4) is 0 Å². The van der Waals surface area contributed by atoms with E-state index in [0.717, 1.165) is 4.90 Å². The van der Waals surface area contributed by atoms with Crippen molar-refractivity contribution in [1.29, 1.82) is 0 Å². The number of alkyl halides is 3. The predicted molar refractivity (Wildman–Crippen MR) is 60.4 cm³/mol. The van der Waals surface area contributed by atoms with Gasteiger partial charge in [-0.05, 0) is 19.8 Å². The number of carbonyl (C=O) groups is 1. The van der Waals surface area contributed by atoms with Crippen LogP contribution in [0.4, 0.5) is 13.2 Å². The van der Waals surface area contributed by atoms with Gasteiger partial charge in [-0.25, -0.2) is 0 Å². The first-order valence-corrected chi connectivity index (χ1v) is 5.82. The van der Waals surface area contributed by atoms with Crippen LogP contribution in [0.25, 0.3) is 0 Å². The van der Waals surface area contributed by atoms with E-state index >= 15 is 0 Å². The van der Waals surface area contributed by atoms with Gasteiger partial charge in [-0.2, -0.15) is 13.2 Å². The third kappa shape index (κ3) is 4.18. The second-order valence-electron chi connectivity index (χ2n) is 4.13. The molecule has 0 spiro atoms. The molecule has 0 fully saturated rings. The third-order valence-electron chi connectivity index (χ3n) is 3.24. The van der Waals surface area contributed by atoms with Crippen LogP contribution in [0.2, 0.25) is 0 Å². The van der Waals surface area contributed by atoms with E-state index in [1.165, 1.54) is 6.92 Å². The van der Waals surface area contributed by atoms with Crippen LogP contribution in [0.3, 0.4) is 0 Å². The Morgan fingerprint density at radius 2 is 1.65 bits per heavy atom. The maximum absolute atomic E-state index is 12.3. The topological polar surface area (TPSA) is 46.3 Å². The van der Waals surface area contributed by atoms with Crippen LogP contribution >= 0.6 is 0 Å². The SMILES string of the molecule is CCN(CC(F)(F)F)C(=O)C(CC)(CC)CN. The van der Waals surface area contributed by atoms with Gasteiger partial charge in [0.25, 0.3) is 0 Å². The molecular weight excluding hydrogens is 233 g/mol. The number of hydrogen-bond donors (Lipinski definition) is 1. The second kappa shape index (κ2) is 6.23. The Balaban J connectivity index is 4.95. The van der Waals surface area contributed by atoms with Gasteiger partial charge in [-0.1, -0.05) is 13.8 Å². The summed E-state index contributed by atoms with van der Waals surface area (Å²) in [6.45, 7) is 4.00. The molecule has 17 heavy (non-hydrogen) atoms. The molecule has 0 aromatic rings. The van der Waals surface area contributed by atoms with Crippen LogP contribution in [-0.4, -0.2) is 36.6 Å². The summed E-state index contributed by atoms with van der Waals surface area (Å²) in [5.74, 6) is -0.496. The summed E-state index contributed by atoms with van der Waals surface area (Å²) >= 11 is 0. The standard InChI is InChI=1S/C11H21F3N2O/c1-4-10(5-2,7-15)9(17)16(6-3)8-11(12,13)14/h4-8,15H2,1-3H3. The molecule has 0 aliphatic rings. The Morgan fingerprint density at radius 3 is 1.88 bits per heavy atom. The highest BCUT2D eigenvalue weighted by Gasteiger charge is 2.40. The van der Waals surface area contributed by atoms with Gasteiger partial charge in [0.2, 0.25) is 5.91 Å². The normalized spacial score (nSPS) is 12.6. The van der Waals surface area contributed by atoms with Gasteiger partial charge >= 0.3 is 6.18 Å². The van der Waals surface area contributed by atoms with Crippen molar-refractivity contribution >= 4 is 5.91 Å². The summed E-state index contributed by atoms with van der Waals surface area (Å²) < 4.78 is 37.0. The number of rotatable bonds is 6. The zero-order valence-electron chi connectivity index (χ0n) is 10.6. The molecule has 0 saturated carbocycles. The molecule has 0 atom stereocenters. The van der Waals surface area contributed by atoms with E-state index in [2.05, 4.69) is 0 Å². The number of hydrogen-bond acceptors (Lipinski definition) is 2. The van der Waals surface area contributed by atoms with E-state index < -0.39 is 24.0 Å². The first-order valence-electron chi connectivity index (χ1n) is 5.82. The lowest BCUT2D eigenvalue weighted by Gasteiger charge is -2.35. The minimum Gasteiger partial charge on any atom is -0.333 e. The number of carbonyl (C=O) groups excluding carboxylic acids is 1. The minimum absolute atomic E-state index is 0.0418. The van der Waals surface area contributed by atoms with Crippen molar-refractivity contribution in [2.24, 2.45) is 11.1 Å². The van der Waals surface area contributed by atoms with E-state index in [9.17, 15) is 18.0 Å². The fraction of sp³-hybridized carbons (Fsp3) is 0.909. The van der Waals surface area contributed by atoms with Crippen molar-refractivity contribution in [3.63, 3.8) is 0 Å². The zero-order valence-corrected chi connectivity index (χ0v) is 10.6. The predicted octanol–water partition coefficient (Wildman–Crippen LogP) is 2.16. The van der Waals surface area contributed by atoms with Gasteiger partial charge < -0.3 is 10.6 Å². The van der Waals surface area contributed by atoms with E-state index in [1.54, 1.807) is 13.8 Å². The van der Waals surface area contributed by atoms with Crippen molar-refractivity contribution in [1.82, 2.24) is 4.90 Å². The lowest BCUT2D eigenvalue weighted by molar-refractivity contribution is -0.167. The van der Waals surface area contributed by atoms with Crippen molar-refractivity contribution in [3.05, 3.63) is 0 Å². The highest BCUT2D eigenvalue weighted by molar-refractivity contribution is 5.83. The Bertz CT molecular complexity index is 241. The van der Waals surface area contributed by atoms with Gasteiger partial charge in [0.1, 0.15) is 6.54 Å². The highest BCUT2D eigenvalue weighted by Crippen LogP contribution is 2.29. The largest absolute Gasteiger partial charge is 0.406 e. The summed E-state index contributed by atoms with van der Waals surface area (Å²) in [5.41, 5.74) is 4.70. The van der Waals surface area contributed by atoms with Crippen LogP contribution in [0.1, 0.15) is 33.6 Å². The average Bonchev–Trinajstić information content (AvgIpc) is 2.27. The van der Waals surface area contributed by atoms with Gasteiger partial charge in [0, 0.05) is 13.1 Å². The Hall–Kier alpha value is -0.780. The molecule has 0 aliphatic carbocycles. The van der Waals surface area contributed by atoms with Crippen molar-refractivity contribution in [2.45, 2.75) is 39.8 Å². The maximum Gasteiger partial charge on any atom is 0.406 e. The minimum atomic E-state index is -4.37. The summed E-state index contributed by atoms with van der Waals surface area (Å²) in [5, 5.41) is 0. The molecule has 0 aliphatic heterocycles. The number of halogens is 3. The second-order valence-corrected chi connectivity index (χ2v) is 4.13. The van der Waals surface area contributed by atoms with E-state index in [-0.39, 0.29) is 13.1 Å².